The highest BCUT2D eigenvalue weighted by molar-refractivity contribution is 5.98. The van der Waals surface area contributed by atoms with E-state index in [-0.39, 0.29) is 12.5 Å². The minimum Gasteiger partial charge on any atom is -0.497 e. The van der Waals surface area contributed by atoms with Crippen LogP contribution in [0.1, 0.15) is 21.8 Å². The molecule has 1 aromatic heterocycles. The molecule has 0 unspecified atom stereocenters. The molecule has 31 heavy (non-hydrogen) atoms. The third-order valence-electron chi connectivity index (χ3n) is 4.61. The molecule has 0 amide bonds. The molecular formula is C24H17N3O4. The van der Waals surface area contributed by atoms with E-state index in [9.17, 15) is 10.1 Å². The standard InChI is InChI=1S/C24H17N3O4/c1-29-18-9-6-8-16(13-18)23-26-22(31-27-23)15-30-24(28)21-12-5-4-11-20(21)19-10-3-2-7-17(19)14-25/h2-13H,15H2,1H3. The van der Waals surface area contributed by atoms with Crippen LogP contribution < -0.4 is 4.74 Å². The van der Waals surface area contributed by atoms with E-state index in [1.807, 2.05) is 24.3 Å². The predicted molar refractivity (Wildman–Crippen MR) is 112 cm³/mol. The van der Waals surface area contributed by atoms with Crippen molar-refractivity contribution in [3.8, 4) is 34.3 Å². The van der Waals surface area contributed by atoms with Crippen LogP contribution in [0.25, 0.3) is 22.5 Å². The first-order valence-electron chi connectivity index (χ1n) is 9.42. The Morgan fingerprint density at radius 2 is 1.81 bits per heavy atom. The normalized spacial score (nSPS) is 10.3. The Bertz CT molecular complexity index is 1270. The van der Waals surface area contributed by atoms with Crippen LogP contribution in [0.2, 0.25) is 0 Å². The van der Waals surface area contributed by atoms with Crippen molar-refractivity contribution >= 4 is 5.97 Å². The minimum absolute atomic E-state index is 0.168. The molecule has 3 aromatic carbocycles. The highest BCUT2D eigenvalue weighted by Crippen LogP contribution is 2.27. The molecular weight excluding hydrogens is 394 g/mol. The van der Waals surface area contributed by atoms with Gasteiger partial charge in [0, 0.05) is 11.1 Å². The maximum Gasteiger partial charge on any atom is 0.339 e. The number of esters is 1. The average molecular weight is 411 g/mol. The molecule has 0 saturated carbocycles. The fourth-order valence-corrected chi connectivity index (χ4v) is 3.11. The Labute approximate surface area is 178 Å². The van der Waals surface area contributed by atoms with Gasteiger partial charge in [0.2, 0.25) is 5.82 Å². The van der Waals surface area contributed by atoms with E-state index in [1.54, 1.807) is 55.6 Å². The summed E-state index contributed by atoms with van der Waals surface area (Å²) in [4.78, 5) is 17.0. The number of nitrogens with zero attached hydrogens (tertiary/aromatic N) is 3. The number of aromatic nitrogens is 2. The lowest BCUT2D eigenvalue weighted by Crippen LogP contribution is -2.07. The van der Waals surface area contributed by atoms with Gasteiger partial charge in [0.05, 0.1) is 24.3 Å². The second-order valence-electron chi connectivity index (χ2n) is 6.52. The smallest absolute Gasteiger partial charge is 0.339 e. The second kappa shape index (κ2) is 8.93. The van der Waals surface area contributed by atoms with Crippen molar-refractivity contribution in [3.63, 3.8) is 0 Å². The van der Waals surface area contributed by atoms with E-state index in [0.717, 1.165) is 5.56 Å². The van der Waals surface area contributed by atoms with Gasteiger partial charge in [-0.3, -0.25) is 0 Å². The third-order valence-corrected chi connectivity index (χ3v) is 4.61. The van der Waals surface area contributed by atoms with E-state index in [0.29, 0.717) is 33.8 Å². The molecule has 0 N–H and O–H groups in total. The summed E-state index contributed by atoms with van der Waals surface area (Å²) >= 11 is 0. The van der Waals surface area contributed by atoms with Crippen LogP contribution in [-0.4, -0.2) is 23.2 Å². The van der Waals surface area contributed by atoms with E-state index in [2.05, 4.69) is 16.2 Å². The van der Waals surface area contributed by atoms with Crippen molar-refractivity contribution in [3.05, 3.63) is 89.8 Å². The number of benzene rings is 3. The number of nitriles is 1. The van der Waals surface area contributed by atoms with E-state index in [1.165, 1.54) is 0 Å². The molecule has 0 radical (unpaired) electrons. The summed E-state index contributed by atoms with van der Waals surface area (Å²) in [6, 6.07) is 23.5. The topological polar surface area (TPSA) is 98.2 Å². The zero-order valence-corrected chi connectivity index (χ0v) is 16.6. The monoisotopic (exact) mass is 411 g/mol. The number of rotatable bonds is 6. The van der Waals surface area contributed by atoms with Gasteiger partial charge in [-0.1, -0.05) is 53.7 Å². The Hall–Kier alpha value is -4.44. The fourth-order valence-electron chi connectivity index (χ4n) is 3.11. The van der Waals surface area contributed by atoms with Gasteiger partial charge in [0.1, 0.15) is 5.75 Å². The highest BCUT2D eigenvalue weighted by Gasteiger charge is 2.17. The largest absolute Gasteiger partial charge is 0.497 e. The van der Waals surface area contributed by atoms with Gasteiger partial charge in [-0.15, -0.1) is 0 Å². The molecule has 0 aliphatic carbocycles. The summed E-state index contributed by atoms with van der Waals surface area (Å²) in [5.41, 5.74) is 2.82. The molecule has 7 heteroatoms. The molecule has 152 valence electrons. The van der Waals surface area contributed by atoms with Crippen molar-refractivity contribution in [2.24, 2.45) is 0 Å². The lowest BCUT2D eigenvalue weighted by Gasteiger charge is -2.10. The van der Waals surface area contributed by atoms with Gasteiger partial charge < -0.3 is 14.0 Å². The Kier molecular flexibility index (Phi) is 5.72. The molecule has 0 aliphatic heterocycles. The third kappa shape index (κ3) is 4.28. The van der Waals surface area contributed by atoms with E-state index < -0.39 is 5.97 Å². The molecule has 1 heterocycles. The first-order valence-corrected chi connectivity index (χ1v) is 9.42. The number of ether oxygens (including phenoxy) is 2. The SMILES string of the molecule is COc1cccc(-c2noc(COC(=O)c3ccccc3-c3ccccc3C#N)n2)c1. The summed E-state index contributed by atoms with van der Waals surface area (Å²) in [5.74, 6) is 0.656. The van der Waals surface area contributed by atoms with E-state index in [4.69, 9.17) is 14.0 Å². The van der Waals surface area contributed by atoms with Crippen LogP contribution in [0.4, 0.5) is 0 Å². The Balaban J connectivity index is 1.52. The highest BCUT2D eigenvalue weighted by atomic mass is 16.6. The summed E-state index contributed by atoms with van der Waals surface area (Å²) < 4.78 is 15.8. The fraction of sp³-hybridized carbons (Fsp3) is 0.0833. The van der Waals surface area contributed by atoms with Crippen LogP contribution in [0.15, 0.2) is 77.3 Å². The number of carbonyl (C=O) groups is 1. The van der Waals surface area contributed by atoms with Gasteiger partial charge in [-0.2, -0.15) is 10.2 Å². The van der Waals surface area contributed by atoms with Crippen LogP contribution in [0.3, 0.4) is 0 Å². The average Bonchev–Trinajstić information content (AvgIpc) is 3.31. The van der Waals surface area contributed by atoms with Crippen LogP contribution in [-0.2, 0) is 11.3 Å². The number of methoxy groups -OCH3 is 1. The summed E-state index contributed by atoms with van der Waals surface area (Å²) in [6.07, 6.45) is 0. The summed E-state index contributed by atoms with van der Waals surface area (Å²) in [6.45, 7) is -0.177. The molecule has 0 aliphatic rings. The van der Waals surface area contributed by atoms with Gasteiger partial charge in [0.25, 0.3) is 5.89 Å². The lowest BCUT2D eigenvalue weighted by atomic mass is 9.96. The molecule has 0 fully saturated rings. The number of hydrogen-bond donors (Lipinski definition) is 0. The first kappa shape index (κ1) is 19.9. The molecule has 0 bridgehead atoms. The van der Waals surface area contributed by atoms with Gasteiger partial charge in [0.15, 0.2) is 6.61 Å². The number of hydrogen-bond acceptors (Lipinski definition) is 7. The Morgan fingerprint density at radius 3 is 2.61 bits per heavy atom. The van der Waals surface area contributed by atoms with Crippen molar-refractivity contribution in [2.45, 2.75) is 6.61 Å². The molecule has 4 aromatic rings. The molecule has 0 spiro atoms. The molecule has 0 saturated heterocycles. The van der Waals surface area contributed by atoms with Crippen LogP contribution in [0.5, 0.6) is 5.75 Å². The number of carbonyl (C=O) groups excluding carboxylic acids is 1. The molecule has 7 nitrogen and oxygen atoms in total. The summed E-state index contributed by atoms with van der Waals surface area (Å²) in [7, 11) is 1.58. The van der Waals surface area contributed by atoms with Gasteiger partial charge in [-0.05, 0) is 29.8 Å². The quantitative estimate of drug-likeness (QED) is 0.426. The minimum atomic E-state index is -0.551. The summed E-state index contributed by atoms with van der Waals surface area (Å²) in [5, 5.41) is 13.3. The van der Waals surface area contributed by atoms with Crippen molar-refractivity contribution < 1.29 is 18.8 Å². The maximum absolute atomic E-state index is 12.8. The Morgan fingerprint density at radius 1 is 1.03 bits per heavy atom. The zero-order chi connectivity index (χ0) is 21.6. The predicted octanol–water partition coefficient (Wildman–Crippen LogP) is 4.64. The molecule has 4 rings (SSSR count). The zero-order valence-electron chi connectivity index (χ0n) is 16.6. The van der Waals surface area contributed by atoms with Crippen molar-refractivity contribution in [1.82, 2.24) is 10.1 Å². The van der Waals surface area contributed by atoms with Crippen molar-refractivity contribution in [2.75, 3.05) is 7.11 Å². The van der Waals surface area contributed by atoms with Crippen LogP contribution in [0, 0.1) is 11.3 Å². The van der Waals surface area contributed by atoms with Gasteiger partial charge in [-0.25, -0.2) is 4.79 Å². The van der Waals surface area contributed by atoms with E-state index >= 15 is 0 Å². The first-order chi connectivity index (χ1) is 15.2. The lowest BCUT2D eigenvalue weighted by molar-refractivity contribution is 0.0430. The second-order valence-corrected chi connectivity index (χ2v) is 6.52. The van der Waals surface area contributed by atoms with Crippen molar-refractivity contribution in [1.29, 1.82) is 5.26 Å². The van der Waals surface area contributed by atoms with Gasteiger partial charge >= 0.3 is 5.97 Å². The molecule has 0 atom stereocenters. The van der Waals surface area contributed by atoms with Crippen LogP contribution >= 0.6 is 0 Å². The maximum atomic E-state index is 12.8.